The van der Waals surface area contributed by atoms with Crippen molar-refractivity contribution in [3.63, 3.8) is 0 Å². The lowest BCUT2D eigenvalue weighted by molar-refractivity contribution is -0.884. The van der Waals surface area contributed by atoms with Gasteiger partial charge >= 0.3 is 24.2 Å². The van der Waals surface area contributed by atoms with Crippen molar-refractivity contribution in [3.8, 4) is 0 Å². The Bertz CT molecular complexity index is 824. The predicted octanol–water partition coefficient (Wildman–Crippen LogP) is 2.94. The van der Waals surface area contributed by atoms with Gasteiger partial charge in [-0.2, -0.15) is 39.5 Å². The van der Waals surface area contributed by atoms with Crippen molar-refractivity contribution in [1.29, 1.82) is 0 Å². The molecular formula is C17H24F12N2O4S. The molecule has 19 heteroatoms. The van der Waals surface area contributed by atoms with Gasteiger partial charge in [0.2, 0.25) is 10.0 Å². The molecule has 216 valence electrons. The smallest absolute Gasteiger partial charge is 0.431 e. The molecule has 1 unspecified atom stereocenters. The molecule has 0 aromatic rings. The van der Waals surface area contributed by atoms with Crippen LogP contribution in [0.3, 0.4) is 0 Å². The first-order valence-electron chi connectivity index (χ1n) is 9.90. The Kier molecular flexibility index (Phi) is 11.0. The number of halogens is 12. The van der Waals surface area contributed by atoms with Crippen LogP contribution in [0.2, 0.25) is 0 Å². The van der Waals surface area contributed by atoms with E-state index in [1.54, 1.807) is 0 Å². The number of nitrogens with zero attached hydrogens (tertiary/aromatic N) is 1. The first-order valence-corrected chi connectivity index (χ1v) is 11.6. The molecule has 0 aliphatic heterocycles. The van der Waals surface area contributed by atoms with Crippen LogP contribution < -0.4 is 9.83 Å². The Labute approximate surface area is 198 Å². The zero-order chi connectivity index (χ0) is 29.0. The van der Waals surface area contributed by atoms with E-state index in [-0.39, 0.29) is 17.4 Å². The van der Waals surface area contributed by atoms with Crippen molar-refractivity contribution in [2.24, 2.45) is 5.92 Å². The number of aliphatic carboxylic acids is 1. The molecule has 1 N–H and O–H groups in total. The van der Waals surface area contributed by atoms with Crippen molar-refractivity contribution in [1.82, 2.24) is 4.72 Å². The largest absolute Gasteiger partial charge is 0.544 e. The Balaban J connectivity index is 5.31. The number of likely N-dealkylation sites (N-methyl/N-ethyl adjacent to an activating group) is 1. The van der Waals surface area contributed by atoms with E-state index in [1.165, 1.54) is 14.1 Å². The quantitative estimate of drug-likeness (QED) is 0.195. The van der Waals surface area contributed by atoms with Gasteiger partial charge in [-0.05, 0) is 6.42 Å². The van der Waals surface area contributed by atoms with E-state index in [0.717, 1.165) is 0 Å². The molecule has 0 aromatic heterocycles. The van der Waals surface area contributed by atoms with Crippen LogP contribution in [-0.2, 0) is 14.8 Å². The highest BCUT2D eigenvalue weighted by Gasteiger charge is 2.75. The van der Waals surface area contributed by atoms with E-state index in [1.807, 2.05) is 4.72 Å². The highest BCUT2D eigenvalue weighted by atomic mass is 32.2. The molecule has 0 heterocycles. The summed E-state index contributed by atoms with van der Waals surface area (Å²) in [4.78, 5) is 10.6. The van der Waals surface area contributed by atoms with E-state index < -0.39 is 90.1 Å². The van der Waals surface area contributed by atoms with Crippen LogP contribution in [0.15, 0.2) is 0 Å². The number of carbonyl (C=O) groups is 1. The Morgan fingerprint density at radius 2 is 1.39 bits per heavy atom. The summed E-state index contributed by atoms with van der Waals surface area (Å²) >= 11 is 0. The fourth-order valence-electron chi connectivity index (χ4n) is 3.06. The zero-order valence-electron chi connectivity index (χ0n) is 18.8. The number of alkyl halides is 12. The molecular weight excluding hydrogens is 556 g/mol. The summed E-state index contributed by atoms with van der Waals surface area (Å²) in [5.74, 6) is -11.7. The number of carboxylic acids is 1. The van der Waals surface area contributed by atoms with Crippen molar-refractivity contribution >= 4 is 16.0 Å². The van der Waals surface area contributed by atoms with Crippen LogP contribution in [0.5, 0.6) is 0 Å². The highest BCUT2D eigenvalue weighted by Crippen LogP contribution is 2.53. The third-order valence-corrected chi connectivity index (χ3v) is 6.38. The van der Waals surface area contributed by atoms with Gasteiger partial charge in [-0.25, -0.2) is 26.3 Å². The van der Waals surface area contributed by atoms with Gasteiger partial charge in [-0.15, -0.1) is 0 Å². The van der Waals surface area contributed by atoms with Crippen LogP contribution in [0, 0.1) is 5.92 Å². The van der Waals surface area contributed by atoms with E-state index in [4.69, 9.17) is 0 Å². The van der Waals surface area contributed by atoms with Crippen molar-refractivity contribution in [3.05, 3.63) is 0 Å². The van der Waals surface area contributed by atoms with Crippen LogP contribution in [0.4, 0.5) is 52.7 Å². The number of carboxylic acid groups (broad SMARTS) is 1. The number of nitrogens with one attached hydrogen (secondary N) is 1. The maximum atomic E-state index is 13.9. The maximum Gasteiger partial charge on any atom is 0.431 e. The second kappa shape index (κ2) is 11.5. The number of sulfonamides is 1. The number of carbonyl (C=O) groups excluding carboxylic acids is 1. The molecule has 6 nitrogen and oxygen atoms in total. The Morgan fingerprint density at radius 3 is 1.78 bits per heavy atom. The summed E-state index contributed by atoms with van der Waals surface area (Å²) < 4.78 is 181. The third-order valence-electron chi connectivity index (χ3n) is 4.96. The minimum atomic E-state index is -6.91. The summed E-state index contributed by atoms with van der Waals surface area (Å²) in [5, 5.41) is 10.6. The van der Waals surface area contributed by atoms with Gasteiger partial charge in [-0.3, -0.25) is 0 Å². The second-order valence-corrected chi connectivity index (χ2v) is 10.7. The van der Waals surface area contributed by atoms with Gasteiger partial charge in [0.1, 0.15) is 6.54 Å². The van der Waals surface area contributed by atoms with Gasteiger partial charge in [0.25, 0.3) is 5.92 Å². The van der Waals surface area contributed by atoms with E-state index in [9.17, 15) is 71.0 Å². The predicted molar refractivity (Wildman–Crippen MR) is 97.5 cm³/mol. The molecule has 0 saturated carbocycles. The van der Waals surface area contributed by atoms with Crippen molar-refractivity contribution in [2.75, 3.05) is 39.5 Å². The summed E-state index contributed by atoms with van der Waals surface area (Å²) in [5.41, 5.74) is -6.50. The SMILES string of the molecule is C[N+](C)(CCCNS(=O)(=O)CCC(CC(F)(F)CC(F)(C(F)(F)F)C(F)(F)F)C(F)(F)F)CC(=O)[O-]. The molecule has 0 saturated heterocycles. The van der Waals surface area contributed by atoms with Gasteiger partial charge in [0.05, 0.1) is 44.7 Å². The lowest BCUT2D eigenvalue weighted by atomic mass is 9.89. The monoisotopic (exact) mass is 580 g/mol. The summed E-state index contributed by atoms with van der Waals surface area (Å²) in [7, 11) is -1.69. The standard InChI is InChI=1S/C17H24F12N2O4S/c1-31(2,9-12(32)33)6-3-5-30-36(34,35)7-4-11(15(21,22)23)8-13(18,19)10-14(20,16(24,25)26)17(27,28)29/h11,30H,3-10H2,1-2H3. The maximum absolute atomic E-state index is 13.9. The molecule has 0 aliphatic rings. The van der Waals surface area contributed by atoms with Crippen molar-refractivity contribution in [2.45, 2.75) is 55.8 Å². The molecule has 0 radical (unpaired) electrons. The van der Waals surface area contributed by atoms with E-state index in [2.05, 4.69) is 0 Å². The lowest BCUT2D eigenvalue weighted by Gasteiger charge is -2.34. The average Bonchev–Trinajstić information content (AvgIpc) is 2.58. The molecule has 0 bridgehead atoms. The normalized spacial score (nSPS) is 15.7. The molecule has 0 rings (SSSR count). The number of hydrogen-bond donors (Lipinski definition) is 1. The first-order chi connectivity index (χ1) is 15.6. The molecule has 0 spiro atoms. The summed E-state index contributed by atoms with van der Waals surface area (Å²) in [6.07, 6.45) is -27.6. The zero-order valence-corrected chi connectivity index (χ0v) is 19.6. The molecule has 36 heavy (non-hydrogen) atoms. The molecule has 0 aliphatic carbocycles. The average molecular weight is 580 g/mol. The van der Waals surface area contributed by atoms with E-state index >= 15 is 0 Å². The Hall–Kier alpha value is -1.50. The number of rotatable bonds is 14. The van der Waals surface area contributed by atoms with Gasteiger partial charge < -0.3 is 14.4 Å². The molecule has 0 aromatic carbocycles. The topological polar surface area (TPSA) is 86.3 Å². The van der Waals surface area contributed by atoms with Crippen LogP contribution in [-0.4, -0.2) is 88.5 Å². The van der Waals surface area contributed by atoms with Gasteiger partial charge in [0, 0.05) is 19.4 Å². The van der Waals surface area contributed by atoms with Crippen LogP contribution in [0.25, 0.3) is 0 Å². The summed E-state index contributed by atoms with van der Waals surface area (Å²) in [6, 6.07) is 0. The highest BCUT2D eigenvalue weighted by molar-refractivity contribution is 7.89. The number of quaternary nitrogens is 1. The van der Waals surface area contributed by atoms with E-state index in [0.29, 0.717) is 0 Å². The third kappa shape index (κ3) is 11.3. The van der Waals surface area contributed by atoms with Gasteiger partial charge in [-0.1, -0.05) is 0 Å². The Morgan fingerprint density at radius 1 is 0.917 bits per heavy atom. The molecule has 0 fully saturated rings. The van der Waals surface area contributed by atoms with Gasteiger partial charge in [0.15, 0.2) is 0 Å². The minimum Gasteiger partial charge on any atom is -0.544 e. The van der Waals surface area contributed by atoms with Crippen LogP contribution in [0.1, 0.15) is 25.7 Å². The fraction of sp³-hybridized carbons (Fsp3) is 0.941. The fourth-order valence-corrected chi connectivity index (χ4v) is 4.26. The number of hydrogen-bond acceptors (Lipinski definition) is 4. The first kappa shape index (κ1) is 34.5. The van der Waals surface area contributed by atoms with Crippen LogP contribution >= 0.6 is 0 Å². The minimum absolute atomic E-state index is 0.0201. The van der Waals surface area contributed by atoms with Crippen molar-refractivity contribution < 1.29 is 75.5 Å². The molecule has 1 atom stereocenters. The second-order valence-electron chi connectivity index (χ2n) is 8.82. The summed E-state index contributed by atoms with van der Waals surface area (Å²) in [6.45, 7) is -0.792. The molecule has 0 amide bonds. The lowest BCUT2D eigenvalue weighted by Crippen LogP contribution is -2.56.